The number of fused-ring (bicyclic) bond motifs is 1. The maximum Gasteiger partial charge on any atom is 0.410 e. The van der Waals surface area contributed by atoms with Gasteiger partial charge in [0, 0.05) is 50.2 Å². The molecule has 2 heterocycles. The monoisotopic (exact) mass is 479 g/mol. The summed E-state index contributed by atoms with van der Waals surface area (Å²) in [4.78, 5) is 32.9. The Balaban J connectivity index is 1.24. The number of hydrogen-bond acceptors (Lipinski definition) is 7. The molecule has 3 N–H and O–H groups in total. The van der Waals surface area contributed by atoms with Crippen molar-refractivity contribution in [3.63, 3.8) is 0 Å². The zero-order valence-electron chi connectivity index (χ0n) is 19.4. The Morgan fingerprint density at radius 1 is 1.24 bits per heavy atom. The molecule has 2 aromatic carbocycles. The van der Waals surface area contributed by atoms with Gasteiger partial charge in [0.2, 0.25) is 0 Å². The van der Waals surface area contributed by atoms with Gasteiger partial charge in [-0.1, -0.05) is 41.7 Å². The van der Waals surface area contributed by atoms with E-state index < -0.39 is 0 Å². The summed E-state index contributed by atoms with van der Waals surface area (Å²) >= 11 is 1.54. The second-order valence-electron chi connectivity index (χ2n) is 9.56. The molecule has 2 fully saturated rings. The van der Waals surface area contributed by atoms with Crippen LogP contribution < -0.4 is 11.1 Å². The molecule has 8 nitrogen and oxygen atoms in total. The van der Waals surface area contributed by atoms with Gasteiger partial charge >= 0.3 is 6.09 Å². The molecule has 2 amide bonds. The molecule has 1 aliphatic heterocycles. The zero-order chi connectivity index (χ0) is 23.9. The summed E-state index contributed by atoms with van der Waals surface area (Å²) in [7, 11) is 3.49. The van der Waals surface area contributed by atoms with Gasteiger partial charge in [0.05, 0.1) is 10.2 Å². The van der Waals surface area contributed by atoms with Crippen LogP contribution in [-0.4, -0.2) is 66.1 Å². The van der Waals surface area contributed by atoms with Gasteiger partial charge in [0.25, 0.3) is 5.91 Å². The van der Waals surface area contributed by atoms with Crippen LogP contribution in [0.5, 0.6) is 0 Å². The van der Waals surface area contributed by atoms with Crippen molar-refractivity contribution in [3.05, 3.63) is 59.7 Å². The first-order chi connectivity index (χ1) is 16.3. The van der Waals surface area contributed by atoms with Crippen molar-refractivity contribution in [2.24, 2.45) is 11.1 Å². The van der Waals surface area contributed by atoms with Crippen LogP contribution in [0.3, 0.4) is 0 Å². The quantitative estimate of drug-likeness (QED) is 0.581. The van der Waals surface area contributed by atoms with Crippen molar-refractivity contribution in [3.8, 4) is 0 Å². The van der Waals surface area contributed by atoms with Crippen LogP contribution in [0.1, 0.15) is 28.8 Å². The second kappa shape index (κ2) is 8.88. The molecule has 0 radical (unpaired) electrons. The highest BCUT2D eigenvalue weighted by molar-refractivity contribution is 7.22. The lowest BCUT2D eigenvalue weighted by Gasteiger charge is -2.50. The molecule has 0 unspecified atom stereocenters. The number of carbonyl (C=O) groups is 2. The van der Waals surface area contributed by atoms with E-state index in [0.29, 0.717) is 18.7 Å². The third-order valence-corrected chi connectivity index (χ3v) is 7.71. The standard InChI is InChI=1S/C25H29N5O3S/c1-29(2)22(31)17-8-9-19-20(10-17)34-23(27-19)28-21-11-18(26)12-25(21)14-30(15-25)24(32)33-13-16-6-4-3-5-7-16/h3-10,18,21H,11-15,26H2,1-2H3,(H,27,28)/t18-,21-/m1/s1. The topological polar surface area (TPSA) is 101 Å². The first-order valence-electron chi connectivity index (χ1n) is 11.4. The number of anilines is 1. The van der Waals surface area contributed by atoms with E-state index in [1.54, 1.807) is 23.9 Å². The van der Waals surface area contributed by atoms with Gasteiger partial charge in [0.1, 0.15) is 6.61 Å². The number of ether oxygens (including phenoxy) is 1. The van der Waals surface area contributed by atoms with E-state index in [0.717, 1.165) is 33.8 Å². The third kappa shape index (κ3) is 4.33. The van der Waals surface area contributed by atoms with Crippen molar-refractivity contribution < 1.29 is 14.3 Å². The maximum atomic E-state index is 12.5. The molecule has 2 atom stereocenters. The van der Waals surface area contributed by atoms with Crippen LogP contribution in [0.25, 0.3) is 10.2 Å². The van der Waals surface area contributed by atoms with Crippen molar-refractivity contribution in [1.82, 2.24) is 14.8 Å². The van der Waals surface area contributed by atoms with Crippen LogP contribution in [-0.2, 0) is 11.3 Å². The number of benzene rings is 2. The Morgan fingerprint density at radius 2 is 2.00 bits per heavy atom. The fourth-order valence-corrected chi connectivity index (χ4v) is 6.00. The molecule has 1 aromatic heterocycles. The van der Waals surface area contributed by atoms with Gasteiger partial charge in [-0.15, -0.1) is 0 Å². The highest BCUT2D eigenvalue weighted by atomic mass is 32.1. The number of thiazole rings is 1. The molecule has 1 aliphatic carbocycles. The Bertz CT molecular complexity index is 1210. The zero-order valence-corrected chi connectivity index (χ0v) is 20.2. The number of hydrogen-bond donors (Lipinski definition) is 2. The maximum absolute atomic E-state index is 12.5. The number of aromatic nitrogens is 1. The van der Waals surface area contributed by atoms with Gasteiger partial charge in [-0.2, -0.15) is 0 Å². The molecule has 1 saturated carbocycles. The largest absolute Gasteiger partial charge is 0.445 e. The number of nitrogens with zero attached hydrogens (tertiary/aromatic N) is 3. The van der Waals surface area contributed by atoms with Crippen LogP contribution >= 0.6 is 11.3 Å². The van der Waals surface area contributed by atoms with Crippen molar-refractivity contribution >= 4 is 38.7 Å². The van der Waals surface area contributed by atoms with E-state index >= 15 is 0 Å². The number of nitrogens with two attached hydrogens (primary N) is 1. The highest BCUT2D eigenvalue weighted by Gasteiger charge is 2.55. The van der Waals surface area contributed by atoms with Crippen LogP contribution in [0.2, 0.25) is 0 Å². The summed E-state index contributed by atoms with van der Waals surface area (Å²) in [5.41, 5.74) is 8.75. The third-order valence-electron chi connectivity index (χ3n) is 6.76. The summed E-state index contributed by atoms with van der Waals surface area (Å²) in [5.74, 6) is -0.0285. The first kappa shape index (κ1) is 22.6. The molecule has 9 heteroatoms. The summed E-state index contributed by atoms with van der Waals surface area (Å²) in [5, 5.41) is 4.41. The highest BCUT2D eigenvalue weighted by Crippen LogP contribution is 2.47. The normalized spacial score (nSPS) is 20.9. The predicted molar refractivity (Wildman–Crippen MR) is 133 cm³/mol. The predicted octanol–water partition coefficient (Wildman–Crippen LogP) is 3.54. The average molecular weight is 480 g/mol. The lowest BCUT2D eigenvalue weighted by atomic mass is 9.75. The van der Waals surface area contributed by atoms with E-state index in [1.807, 2.05) is 48.5 Å². The molecule has 5 rings (SSSR count). The van der Waals surface area contributed by atoms with E-state index in [1.165, 1.54) is 11.3 Å². The van der Waals surface area contributed by atoms with Crippen molar-refractivity contribution in [2.45, 2.75) is 31.5 Å². The average Bonchev–Trinajstić information content (AvgIpc) is 3.35. The van der Waals surface area contributed by atoms with E-state index in [9.17, 15) is 9.59 Å². The Morgan fingerprint density at radius 3 is 2.74 bits per heavy atom. The Kier molecular flexibility index (Phi) is 5.91. The summed E-state index contributed by atoms with van der Waals surface area (Å²) in [6, 6.07) is 15.5. The summed E-state index contributed by atoms with van der Waals surface area (Å²) in [6.45, 7) is 1.52. The molecule has 3 aromatic rings. The molecule has 2 aliphatic rings. The number of likely N-dealkylation sites (tertiary alicyclic amines) is 1. The van der Waals surface area contributed by atoms with E-state index in [2.05, 4.69) is 5.32 Å². The summed E-state index contributed by atoms with van der Waals surface area (Å²) in [6.07, 6.45) is 1.40. The van der Waals surface area contributed by atoms with Gasteiger partial charge in [0.15, 0.2) is 5.13 Å². The van der Waals surface area contributed by atoms with Crippen LogP contribution in [0.15, 0.2) is 48.5 Å². The van der Waals surface area contributed by atoms with E-state index in [4.69, 9.17) is 15.5 Å². The van der Waals surface area contributed by atoms with Gasteiger partial charge in [-0.25, -0.2) is 9.78 Å². The lowest BCUT2D eigenvalue weighted by Crippen LogP contribution is -2.63. The number of nitrogens with one attached hydrogen (secondary N) is 1. The van der Waals surface area contributed by atoms with Crippen molar-refractivity contribution in [1.29, 1.82) is 0 Å². The molecule has 34 heavy (non-hydrogen) atoms. The number of amides is 2. The minimum absolute atomic E-state index is 0.0285. The Hall–Kier alpha value is -3.17. The van der Waals surface area contributed by atoms with Gasteiger partial charge in [-0.3, -0.25) is 4.79 Å². The molecular formula is C25H29N5O3S. The number of carbonyl (C=O) groups excluding carboxylic acids is 2. The molecule has 178 valence electrons. The summed E-state index contributed by atoms with van der Waals surface area (Å²) < 4.78 is 6.46. The molecule has 1 spiro atoms. The van der Waals surface area contributed by atoms with Gasteiger partial charge in [-0.05, 0) is 36.6 Å². The lowest BCUT2D eigenvalue weighted by molar-refractivity contribution is -0.00792. The second-order valence-corrected chi connectivity index (χ2v) is 10.6. The SMILES string of the molecule is CN(C)C(=O)c1ccc2nc(N[C@@H]3C[C@@H](N)CC34CN(C(=O)OCc3ccccc3)C4)sc2c1. The van der Waals surface area contributed by atoms with Crippen LogP contribution in [0.4, 0.5) is 9.93 Å². The molecule has 0 bridgehead atoms. The minimum atomic E-state index is -0.285. The van der Waals surface area contributed by atoms with Crippen molar-refractivity contribution in [2.75, 3.05) is 32.5 Å². The minimum Gasteiger partial charge on any atom is -0.445 e. The smallest absolute Gasteiger partial charge is 0.410 e. The van der Waals surface area contributed by atoms with Gasteiger partial charge < -0.3 is 25.6 Å². The fraction of sp³-hybridized carbons (Fsp3) is 0.400. The van der Waals surface area contributed by atoms with Crippen LogP contribution in [0, 0.1) is 5.41 Å². The fourth-order valence-electron chi connectivity index (χ4n) is 5.04. The molecule has 1 saturated heterocycles. The Labute approximate surface area is 202 Å². The first-order valence-corrected chi connectivity index (χ1v) is 12.2. The molecular weight excluding hydrogens is 450 g/mol. The number of rotatable bonds is 5. The van der Waals surface area contributed by atoms with E-state index in [-0.39, 0.29) is 36.1 Å².